The number of piperidine rings is 1. The Kier molecular flexibility index (Phi) is 5.62. The van der Waals surface area contributed by atoms with E-state index in [1.165, 1.54) is 6.42 Å². The van der Waals surface area contributed by atoms with Gasteiger partial charge in [-0.25, -0.2) is 0 Å². The molecule has 1 aromatic carbocycles. The zero-order valence-electron chi connectivity index (χ0n) is 13.3. The first-order chi connectivity index (χ1) is 10.1. The lowest BCUT2D eigenvalue weighted by atomic mass is 9.97. The van der Waals surface area contributed by atoms with Crippen LogP contribution in [-0.4, -0.2) is 36.5 Å². The van der Waals surface area contributed by atoms with Crippen molar-refractivity contribution >= 4 is 5.91 Å². The topological polar surface area (TPSA) is 41.6 Å². The van der Waals surface area contributed by atoms with E-state index in [0.717, 1.165) is 24.2 Å². The van der Waals surface area contributed by atoms with Crippen molar-refractivity contribution in [2.75, 3.05) is 13.7 Å². The monoisotopic (exact) mass is 290 g/mol. The summed E-state index contributed by atoms with van der Waals surface area (Å²) in [5.41, 5.74) is 1.13. The van der Waals surface area contributed by atoms with Crippen LogP contribution in [0.2, 0.25) is 0 Å². The van der Waals surface area contributed by atoms with Gasteiger partial charge in [0.25, 0.3) is 0 Å². The molecule has 1 fully saturated rings. The molecule has 21 heavy (non-hydrogen) atoms. The summed E-state index contributed by atoms with van der Waals surface area (Å²) >= 11 is 0. The zero-order valence-corrected chi connectivity index (χ0v) is 13.3. The van der Waals surface area contributed by atoms with Crippen molar-refractivity contribution in [3.8, 4) is 5.75 Å². The average molecular weight is 290 g/mol. The van der Waals surface area contributed by atoms with Crippen LogP contribution in [-0.2, 0) is 11.3 Å². The Hall–Kier alpha value is -1.55. The van der Waals surface area contributed by atoms with E-state index in [9.17, 15) is 4.79 Å². The third kappa shape index (κ3) is 4.21. The second kappa shape index (κ2) is 7.46. The summed E-state index contributed by atoms with van der Waals surface area (Å²) in [6.07, 6.45) is 3.46. The van der Waals surface area contributed by atoms with E-state index in [1.54, 1.807) is 7.11 Å². The molecule has 1 aliphatic heterocycles. The molecule has 1 amide bonds. The van der Waals surface area contributed by atoms with Crippen molar-refractivity contribution < 1.29 is 9.53 Å². The molecule has 0 aliphatic carbocycles. The molecule has 0 spiro atoms. The number of hydrogen-bond acceptors (Lipinski definition) is 3. The number of carbonyl (C=O) groups excluding carboxylic acids is 1. The van der Waals surface area contributed by atoms with E-state index in [4.69, 9.17) is 4.74 Å². The lowest BCUT2D eigenvalue weighted by molar-refractivity contribution is -0.136. The molecular formula is C17H26N2O2. The van der Waals surface area contributed by atoms with Crippen molar-refractivity contribution in [2.24, 2.45) is 0 Å². The highest BCUT2D eigenvalue weighted by molar-refractivity contribution is 5.79. The molecule has 1 aromatic rings. The number of ether oxygens (including phenoxy) is 1. The first-order valence-electron chi connectivity index (χ1n) is 7.76. The average Bonchev–Trinajstić information content (AvgIpc) is 2.47. The molecule has 4 nitrogen and oxygen atoms in total. The smallest absolute Gasteiger partial charge is 0.237 e. The Labute approximate surface area is 127 Å². The summed E-state index contributed by atoms with van der Waals surface area (Å²) in [5.74, 6) is 1.05. The van der Waals surface area contributed by atoms with Crippen LogP contribution in [0.3, 0.4) is 0 Å². The van der Waals surface area contributed by atoms with Gasteiger partial charge in [0.2, 0.25) is 5.91 Å². The standard InChI is InChI=1S/C17H26N2O2/c1-13-6-4-7-14(2)19(13)17(20)12-18-11-15-8-5-9-16(10-15)21-3/h5,8-10,13-14,18H,4,6-7,11-12H2,1-3H3/t13-,14+. The molecule has 1 saturated heterocycles. The Morgan fingerprint density at radius 3 is 2.71 bits per heavy atom. The largest absolute Gasteiger partial charge is 0.497 e. The maximum Gasteiger partial charge on any atom is 0.237 e. The molecule has 0 bridgehead atoms. The van der Waals surface area contributed by atoms with E-state index in [1.807, 2.05) is 29.2 Å². The second-order valence-corrected chi connectivity index (χ2v) is 5.89. The van der Waals surface area contributed by atoms with Crippen LogP contribution in [0, 0.1) is 0 Å². The molecule has 1 aliphatic rings. The third-order valence-electron chi connectivity index (χ3n) is 4.22. The van der Waals surface area contributed by atoms with Gasteiger partial charge in [-0.3, -0.25) is 4.79 Å². The Bertz CT molecular complexity index is 466. The summed E-state index contributed by atoms with van der Waals surface area (Å²) in [6, 6.07) is 8.63. The van der Waals surface area contributed by atoms with Gasteiger partial charge in [-0.15, -0.1) is 0 Å². The molecule has 1 N–H and O–H groups in total. The first-order valence-corrected chi connectivity index (χ1v) is 7.76. The Balaban J connectivity index is 1.83. The summed E-state index contributed by atoms with van der Waals surface area (Å²) in [6.45, 7) is 5.37. The normalized spacial score (nSPS) is 22.1. The molecule has 2 rings (SSSR count). The SMILES string of the molecule is COc1cccc(CNCC(=O)N2[C@H](C)CCC[C@@H]2C)c1. The van der Waals surface area contributed by atoms with E-state index in [0.29, 0.717) is 25.2 Å². The minimum absolute atomic E-state index is 0.206. The van der Waals surface area contributed by atoms with Crippen molar-refractivity contribution in [2.45, 2.75) is 51.7 Å². The molecule has 116 valence electrons. The molecular weight excluding hydrogens is 264 g/mol. The predicted octanol–water partition coefficient (Wildman–Crippen LogP) is 2.57. The van der Waals surface area contributed by atoms with Crippen LogP contribution in [0.5, 0.6) is 5.75 Å². The minimum atomic E-state index is 0.206. The molecule has 0 unspecified atom stereocenters. The van der Waals surface area contributed by atoms with Gasteiger partial charge in [-0.2, -0.15) is 0 Å². The highest BCUT2D eigenvalue weighted by Crippen LogP contribution is 2.22. The number of carbonyl (C=O) groups is 1. The molecule has 0 radical (unpaired) electrons. The number of rotatable bonds is 5. The van der Waals surface area contributed by atoms with Crippen LogP contribution >= 0.6 is 0 Å². The summed E-state index contributed by atoms with van der Waals surface area (Å²) in [7, 11) is 1.66. The van der Waals surface area contributed by atoms with E-state index < -0.39 is 0 Å². The van der Waals surface area contributed by atoms with Crippen LogP contribution in [0.4, 0.5) is 0 Å². The van der Waals surface area contributed by atoms with Crippen LogP contribution in [0.25, 0.3) is 0 Å². The van der Waals surface area contributed by atoms with Gasteiger partial charge in [-0.05, 0) is 50.8 Å². The molecule has 0 saturated carbocycles. The minimum Gasteiger partial charge on any atom is -0.497 e. The van der Waals surface area contributed by atoms with Crippen molar-refractivity contribution in [1.82, 2.24) is 10.2 Å². The first kappa shape index (κ1) is 15.8. The number of likely N-dealkylation sites (tertiary alicyclic amines) is 1. The summed E-state index contributed by atoms with van der Waals surface area (Å²) in [5, 5.41) is 3.24. The van der Waals surface area contributed by atoms with Crippen LogP contribution in [0.1, 0.15) is 38.7 Å². The summed E-state index contributed by atoms with van der Waals surface area (Å²) in [4.78, 5) is 14.4. The highest BCUT2D eigenvalue weighted by Gasteiger charge is 2.28. The van der Waals surface area contributed by atoms with Crippen LogP contribution in [0.15, 0.2) is 24.3 Å². The number of nitrogens with one attached hydrogen (secondary N) is 1. The fraction of sp³-hybridized carbons (Fsp3) is 0.588. The molecule has 2 atom stereocenters. The van der Waals surface area contributed by atoms with Crippen molar-refractivity contribution in [3.05, 3.63) is 29.8 Å². The highest BCUT2D eigenvalue weighted by atomic mass is 16.5. The fourth-order valence-electron chi connectivity index (χ4n) is 3.10. The van der Waals surface area contributed by atoms with E-state index in [-0.39, 0.29) is 5.91 Å². The molecule has 4 heteroatoms. The summed E-state index contributed by atoms with van der Waals surface area (Å²) < 4.78 is 5.20. The van der Waals surface area contributed by atoms with Crippen LogP contribution < -0.4 is 10.1 Å². The van der Waals surface area contributed by atoms with Crippen molar-refractivity contribution in [3.63, 3.8) is 0 Å². The maximum atomic E-state index is 12.4. The fourth-order valence-corrected chi connectivity index (χ4v) is 3.10. The molecule has 0 aromatic heterocycles. The lowest BCUT2D eigenvalue weighted by Crippen LogP contribution is -2.50. The predicted molar refractivity (Wildman–Crippen MR) is 84.3 cm³/mol. The number of amides is 1. The van der Waals surface area contributed by atoms with Gasteiger partial charge in [0.05, 0.1) is 13.7 Å². The third-order valence-corrected chi connectivity index (χ3v) is 4.22. The number of benzene rings is 1. The quantitative estimate of drug-likeness (QED) is 0.906. The van der Waals surface area contributed by atoms with Gasteiger partial charge in [0.1, 0.15) is 5.75 Å². The Morgan fingerprint density at radius 2 is 2.05 bits per heavy atom. The van der Waals surface area contributed by atoms with E-state index >= 15 is 0 Å². The second-order valence-electron chi connectivity index (χ2n) is 5.89. The van der Waals surface area contributed by atoms with Gasteiger partial charge in [-0.1, -0.05) is 12.1 Å². The Morgan fingerprint density at radius 1 is 1.33 bits per heavy atom. The van der Waals surface area contributed by atoms with Gasteiger partial charge >= 0.3 is 0 Å². The van der Waals surface area contributed by atoms with Gasteiger partial charge < -0.3 is 15.0 Å². The number of nitrogens with zero attached hydrogens (tertiary/aromatic N) is 1. The number of methoxy groups -OCH3 is 1. The van der Waals surface area contributed by atoms with E-state index in [2.05, 4.69) is 19.2 Å². The molecule has 1 heterocycles. The van der Waals surface area contributed by atoms with Gasteiger partial charge in [0, 0.05) is 18.6 Å². The van der Waals surface area contributed by atoms with Gasteiger partial charge in [0.15, 0.2) is 0 Å². The van der Waals surface area contributed by atoms with Crippen molar-refractivity contribution in [1.29, 1.82) is 0 Å². The zero-order chi connectivity index (χ0) is 15.2. The maximum absolute atomic E-state index is 12.4. The lowest BCUT2D eigenvalue weighted by Gasteiger charge is -2.39. The number of hydrogen-bond donors (Lipinski definition) is 1.